The zero-order chi connectivity index (χ0) is 12.7. The number of aliphatic carboxylic acids is 1. The number of carboxylic acids is 1. The molecule has 17 heavy (non-hydrogen) atoms. The van der Waals surface area contributed by atoms with Crippen molar-refractivity contribution >= 4 is 17.7 Å². The molecule has 1 rings (SSSR count). The summed E-state index contributed by atoms with van der Waals surface area (Å²) in [6.45, 7) is 0. The number of nitrogens with two attached hydrogens (primary N) is 1. The number of thioether (sulfide) groups is 1. The molecule has 1 aromatic rings. The van der Waals surface area contributed by atoms with E-state index in [1.807, 2.05) is 24.3 Å². The monoisotopic (exact) mass is 255 g/mol. The fraction of sp³-hybridized carbons (Fsp3) is 0.417. The normalized spacial score (nSPS) is 12.1. The molecule has 0 heterocycles. The van der Waals surface area contributed by atoms with E-state index in [9.17, 15) is 4.79 Å². The van der Waals surface area contributed by atoms with Crippen molar-refractivity contribution in [3.05, 3.63) is 29.8 Å². The summed E-state index contributed by atoms with van der Waals surface area (Å²) in [5.74, 6) is 1.22. The minimum Gasteiger partial charge on any atom is -0.497 e. The predicted molar refractivity (Wildman–Crippen MR) is 69.6 cm³/mol. The average Bonchev–Trinajstić information content (AvgIpc) is 2.35. The van der Waals surface area contributed by atoms with E-state index in [1.54, 1.807) is 18.9 Å². The summed E-state index contributed by atoms with van der Waals surface area (Å²) in [4.78, 5) is 10.5. The fourth-order valence-electron chi connectivity index (χ4n) is 1.26. The quantitative estimate of drug-likeness (QED) is 0.720. The Balaban J connectivity index is 2.24. The summed E-state index contributed by atoms with van der Waals surface area (Å²) >= 11 is 1.56. The molecular formula is C12H17NO3S. The van der Waals surface area contributed by atoms with Crippen LogP contribution in [0.1, 0.15) is 5.56 Å². The van der Waals surface area contributed by atoms with E-state index in [-0.39, 0.29) is 0 Å². The van der Waals surface area contributed by atoms with Gasteiger partial charge in [0.25, 0.3) is 0 Å². The number of rotatable bonds is 7. The molecular weight excluding hydrogens is 238 g/mol. The van der Waals surface area contributed by atoms with E-state index in [0.717, 1.165) is 17.9 Å². The second kappa shape index (κ2) is 7.19. The van der Waals surface area contributed by atoms with Gasteiger partial charge in [-0.15, -0.1) is 0 Å². The molecule has 94 valence electrons. The Morgan fingerprint density at radius 1 is 1.47 bits per heavy atom. The van der Waals surface area contributed by atoms with E-state index >= 15 is 0 Å². The first-order valence-corrected chi connectivity index (χ1v) is 6.48. The van der Waals surface area contributed by atoms with E-state index in [4.69, 9.17) is 15.6 Å². The van der Waals surface area contributed by atoms with Gasteiger partial charge in [-0.25, -0.2) is 0 Å². The second-order valence-corrected chi connectivity index (χ2v) is 4.77. The van der Waals surface area contributed by atoms with Crippen LogP contribution in [0.5, 0.6) is 5.75 Å². The van der Waals surface area contributed by atoms with Crippen molar-refractivity contribution < 1.29 is 14.6 Å². The third-order valence-electron chi connectivity index (χ3n) is 2.31. The summed E-state index contributed by atoms with van der Waals surface area (Å²) in [6, 6.07) is 7.09. The number of carboxylic acid groups (broad SMARTS) is 1. The van der Waals surface area contributed by atoms with Crippen molar-refractivity contribution in [1.29, 1.82) is 0 Å². The largest absolute Gasteiger partial charge is 0.497 e. The van der Waals surface area contributed by atoms with E-state index in [2.05, 4.69) is 0 Å². The summed E-state index contributed by atoms with van der Waals surface area (Å²) in [6.07, 6.45) is 0.904. The van der Waals surface area contributed by atoms with Crippen molar-refractivity contribution in [1.82, 2.24) is 0 Å². The maximum atomic E-state index is 10.5. The molecule has 0 amide bonds. The molecule has 0 saturated carbocycles. The predicted octanol–water partition coefficient (Wildman–Crippen LogP) is 1.38. The zero-order valence-corrected chi connectivity index (χ0v) is 10.6. The lowest BCUT2D eigenvalue weighted by Gasteiger charge is -2.06. The number of ether oxygens (including phenoxy) is 1. The zero-order valence-electron chi connectivity index (χ0n) is 9.76. The first-order chi connectivity index (χ1) is 8.13. The lowest BCUT2D eigenvalue weighted by molar-refractivity contribution is -0.137. The molecule has 0 spiro atoms. The number of hydrogen-bond acceptors (Lipinski definition) is 4. The van der Waals surface area contributed by atoms with Crippen molar-refractivity contribution in [2.24, 2.45) is 5.73 Å². The van der Waals surface area contributed by atoms with Gasteiger partial charge in [-0.05, 0) is 29.9 Å². The lowest BCUT2D eigenvalue weighted by Crippen LogP contribution is -2.32. The minimum absolute atomic E-state index is 0.450. The van der Waals surface area contributed by atoms with Crippen LogP contribution in [0.2, 0.25) is 0 Å². The molecule has 0 unspecified atom stereocenters. The van der Waals surface area contributed by atoms with Gasteiger partial charge in [0, 0.05) is 5.75 Å². The Morgan fingerprint density at radius 2 is 2.12 bits per heavy atom. The Hall–Kier alpha value is -1.20. The molecule has 5 heteroatoms. The van der Waals surface area contributed by atoms with Gasteiger partial charge in [-0.1, -0.05) is 12.1 Å². The Kier molecular flexibility index (Phi) is 5.86. The van der Waals surface area contributed by atoms with Crippen LogP contribution in [-0.2, 0) is 11.2 Å². The average molecular weight is 255 g/mol. The van der Waals surface area contributed by atoms with Crippen molar-refractivity contribution in [2.45, 2.75) is 12.5 Å². The van der Waals surface area contributed by atoms with Crippen LogP contribution in [0.3, 0.4) is 0 Å². The van der Waals surface area contributed by atoms with Gasteiger partial charge in [0.2, 0.25) is 0 Å². The van der Waals surface area contributed by atoms with Crippen molar-refractivity contribution in [2.75, 3.05) is 18.6 Å². The van der Waals surface area contributed by atoms with Gasteiger partial charge >= 0.3 is 5.97 Å². The summed E-state index contributed by atoms with van der Waals surface area (Å²) < 4.78 is 5.07. The van der Waals surface area contributed by atoms with Crippen LogP contribution < -0.4 is 10.5 Å². The molecule has 0 aliphatic rings. The Labute approximate surface area is 105 Å². The first-order valence-electron chi connectivity index (χ1n) is 5.32. The highest BCUT2D eigenvalue weighted by molar-refractivity contribution is 7.99. The summed E-state index contributed by atoms with van der Waals surface area (Å²) in [5, 5.41) is 8.60. The molecule has 0 aliphatic heterocycles. The Morgan fingerprint density at radius 3 is 2.65 bits per heavy atom. The van der Waals surface area contributed by atoms with Crippen LogP contribution in [0.4, 0.5) is 0 Å². The van der Waals surface area contributed by atoms with Crippen LogP contribution in [0.15, 0.2) is 24.3 Å². The van der Waals surface area contributed by atoms with E-state index < -0.39 is 12.0 Å². The van der Waals surface area contributed by atoms with Gasteiger partial charge in [-0.3, -0.25) is 4.79 Å². The smallest absolute Gasteiger partial charge is 0.321 e. The molecule has 0 radical (unpaired) electrons. The molecule has 1 aromatic carbocycles. The highest BCUT2D eigenvalue weighted by Gasteiger charge is 2.10. The third kappa shape index (κ3) is 5.10. The van der Waals surface area contributed by atoms with Crippen LogP contribution >= 0.6 is 11.8 Å². The molecule has 0 fully saturated rings. The van der Waals surface area contributed by atoms with Crippen molar-refractivity contribution in [3.63, 3.8) is 0 Å². The van der Waals surface area contributed by atoms with Crippen LogP contribution in [0.25, 0.3) is 0 Å². The fourth-order valence-corrected chi connectivity index (χ4v) is 2.21. The summed E-state index contributed by atoms with van der Waals surface area (Å²) in [7, 11) is 1.64. The van der Waals surface area contributed by atoms with Gasteiger partial charge in [0.15, 0.2) is 0 Å². The highest BCUT2D eigenvalue weighted by atomic mass is 32.2. The maximum Gasteiger partial charge on any atom is 0.321 e. The number of aryl methyl sites for hydroxylation is 1. The number of benzene rings is 1. The van der Waals surface area contributed by atoms with Crippen molar-refractivity contribution in [3.8, 4) is 5.75 Å². The molecule has 0 saturated heterocycles. The first kappa shape index (κ1) is 13.9. The number of carbonyl (C=O) groups is 1. The maximum absolute atomic E-state index is 10.5. The third-order valence-corrected chi connectivity index (χ3v) is 3.40. The molecule has 0 aromatic heterocycles. The molecule has 3 N–H and O–H groups in total. The van der Waals surface area contributed by atoms with Gasteiger partial charge in [0.1, 0.15) is 11.8 Å². The van der Waals surface area contributed by atoms with Crippen LogP contribution in [0, 0.1) is 0 Å². The number of hydrogen-bond donors (Lipinski definition) is 2. The minimum atomic E-state index is -0.943. The SMILES string of the molecule is COc1ccc(CCSC[C@@H](N)C(=O)O)cc1. The Bertz CT molecular complexity index is 353. The van der Waals surface area contributed by atoms with Gasteiger partial charge in [-0.2, -0.15) is 11.8 Å². The second-order valence-electron chi connectivity index (χ2n) is 3.62. The lowest BCUT2D eigenvalue weighted by atomic mass is 10.2. The molecule has 0 bridgehead atoms. The topological polar surface area (TPSA) is 72.5 Å². The molecule has 0 aliphatic carbocycles. The van der Waals surface area contributed by atoms with E-state index in [0.29, 0.717) is 5.75 Å². The molecule has 4 nitrogen and oxygen atoms in total. The van der Waals surface area contributed by atoms with E-state index in [1.165, 1.54) is 5.56 Å². The van der Waals surface area contributed by atoms with Gasteiger partial charge < -0.3 is 15.6 Å². The standard InChI is InChI=1S/C12H17NO3S/c1-16-10-4-2-9(3-5-10)6-7-17-8-11(13)12(14)15/h2-5,11H,6-8,13H2,1H3,(H,14,15)/t11-/m1/s1. The summed E-state index contributed by atoms with van der Waals surface area (Å²) in [5.41, 5.74) is 6.61. The molecule has 1 atom stereocenters. The number of methoxy groups -OCH3 is 1. The highest BCUT2D eigenvalue weighted by Crippen LogP contribution is 2.13. The van der Waals surface area contributed by atoms with Crippen LogP contribution in [-0.4, -0.2) is 35.7 Å². The van der Waals surface area contributed by atoms with Gasteiger partial charge in [0.05, 0.1) is 7.11 Å².